The van der Waals surface area contributed by atoms with Crippen LogP contribution in [0.5, 0.6) is 17.2 Å². The lowest BCUT2D eigenvalue weighted by atomic mass is 9.96. The predicted octanol–water partition coefficient (Wildman–Crippen LogP) is 3.10. The zero-order valence-corrected chi connectivity index (χ0v) is 12.7. The summed E-state index contributed by atoms with van der Waals surface area (Å²) in [6.45, 7) is 1.94. The topological polar surface area (TPSA) is 47.9 Å². The van der Waals surface area contributed by atoms with Gasteiger partial charge in [-0.25, -0.2) is 0 Å². The summed E-state index contributed by atoms with van der Waals surface area (Å²) in [6, 6.07) is 11.0. The molecule has 2 rings (SSSR count). The van der Waals surface area contributed by atoms with Crippen LogP contribution in [-0.2, 0) is 0 Å². The quantitative estimate of drug-likeness (QED) is 0.918. The molecule has 4 heteroatoms. The van der Waals surface area contributed by atoms with Crippen molar-refractivity contribution in [3.05, 3.63) is 53.1 Å². The van der Waals surface area contributed by atoms with Crippen LogP contribution in [0, 0.1) is 6.92 Å². The van der Waals surface area contributed by atoms with Crippen molar-refractivity contribution in [2.24, 2.45) is 0 Å². The van der Waals surface area contributed by atoms with E-state index in [4.69, 9.17) is 14.2 Å². The molecule has 0 spiro atoms. The molecule has 112 valence electrons. The van der Waals surface area contributed by atoms with Gasteiger partial charge < -0.3 is 19.3 Å². The maximum absolute atomic E-state index is 10.7. The highest BCUT2D eigenvalue weighted by Crippen LogP contribution is 2.38. The zero-order chi connectivity index (χ0) is 15.4. The van der Waals surface area contributed by atoms with Crippen molar-refractivity contribution < 1.29 is 19.3 Å². The average molecular weight is 288 g/mol. The van der Waals surface area contributed by atoms with Crippen molar-refractivity contribution in [1.29, 1.82) is 0 Å². The van der Waals surface area contributed by atoms with Gasteiger partial charge in [0.2, 0.25) is 0 Å². The van der Waals surface area contributed by atoms with Gasteiger partial charge in [-0.05, 0) is 36.2 Å². The second-order valence-corrected chi connectivity index (χ2v) is 4.71. The lowest BCUT2D eigenvalue weighted by Gasteiger charge is -2.19. The van der Waals surface area contributed by atoms with Crippen LogP contribution in [0.3, 0.4) is 0 Å². The Morgan fingerprint density at radius 1 is 0.905 bits per heavy atom. The third-order valence-electron chi connectivity index (χ3n) is 3.50. The molecule has 0 fully saturated rings. The summed E-state index contributed by atoms with van der Waals surface area (Å²) in [5, 5.41) is 10.7. The van der Waals surface area contributed by atoms with Gasteiger partial charge in [0.25, 0.3) is 0 Å². The summed E-state index contributed by atoms with van der Waals surface area (Å²) in [4.78, 5) is 0. The molecule has 1 unspecified atom stereocenters. The van der Waals surface area contributed by atoms with Gasteiger partial charge in [0.1, 0.15) is 11.9 Å². The maximum atomic E-state index is 10.7. The Hall–Kier alpha value is -2.20. The van der Waals surface area contributed by atoms with Crippen molar-refractivity contribution in [3.63, 3.8) is 0 Å². The molecule has 2 aromatic rings. The molecule has 1 N–H and O–H groups in total. The first-order chi connectivity index (χ1) is 10.1. The predicted molar refractivity (Wildman–Crippen MR) is 81.3 cm³/mol. The lowest BCUT2D eigenvalue weighted by Crippen LogP contribution is -2.05. The fourth-order valence-electron chi connectivity index (χ4n) is 2.38. The van der Waals surface area contributed by atoms with E-state index >= 15 is 0 Å². The molecule has 0 aliphatic carbocycles. The molecule has 21 heavy (non-hydrogen) atoms. The normalized spacial score (nSPS) is 11.9. The third kappa shape index (κ3) is 2.95. The van der Waals surface area contributed by atoms with Crippen molar-refractivity contribution in [1.82, 2.24) is 0 Å². The number of aliphatic hydroxyl groups is 1. The highest BCUT2D eigenvalue weighted by atomic mass is 16.5. The van der Waals surface area contributed by atoms with E-state index in [1.54, 1.807) is 27.4 Å². The molecule has 0 heterocycles. The van der Waals surface area contributed by atoms with Gasteiger partial charge in [0.05, 0.1) is 21.3 Å². The first kappa shape index (κ1) is 15.2. The van der Waals surface area contributed by atoms with Gasteiger partial charge >= 0.3 is 0 Å². The SMILES string of the molecule is COc1ccc(C(O)c2cccc(OC)c2OC)c(C)c1. The summed E-state index contributed by atoms with van der Waals surface area (Å²) >= 11 is 0. The number of benzene rings is 2. The number of methoxy groups -OCH3 is 3. The summed E-state index contributed by atoms with van der Waals surface area (Å²) in [5.41, 5.74) is 2.43. The number of para-hydroxylation sites is 1. The Labute approximate surface area is 124 Å². The molecule has 4 nitrogen and oxygen atoms in total. The van der Waals surface area contributed by atoms with Crippen LogP contribution >= 0.6 is 0 Å². The first-order valence-electron chi connectivity index (χ1n) is 6.65. The Morgan fingerprint density at radius 2 is 1.67 bits per heavy atom. The van der Waals surface area contributed by atoms with Crippen LogP contribution < -0.4 is 14.2 Å². The second-order valence-electron chi connectivity index (χ2n) is 4.71. The highest BCUT2D eigenvalue weighted by Gasteiger charge is 2.20. The van der Waals surface area contributed by atoms with E-state index in [9.17, 15) is 5.11 Å². The van der Waals surface area contributed by atoms with Gasteiger partial charge in [-0.2, -0.15) is 0 Å². The van der Waals surface area contributed by atoms with Gasteiger partial charge in [-0.3, -0.25) is 0 Å². The van der Waals surface area contributed by atoms with Crippen molar-refractivity contribution in [2.45, 2.75) is 13.0 Å². The number of hydrogen-bond acceptors (Lipinski definition) is 4. The third-order valence-corrected chi connectivity index (χ3v) is 3.50. The van der Waals surface area contributed by atoms with Crippen LogP contribution in [0.4, 0.5) is 0 Å². The number of aryl methyl sites for hydroxylation is 1. The van der Waals surface area contributed by atoms with Gasteiger partial charge in [0.15, 0.2) is 11.5 Å². The zero-order valence-electron chi connectivity index (χ0n) is 12.7. The van der Waals surface area contributed by atoms with Gasteiger partial charge in [0, 0.05) is 5.56 Å². The van der Waals surface area contributed by atoms with E-state index in [0.29, 0.717) is 17.1 Å². The molecule has 1 atom stereocenters. The summed E-state index contributed by atoms with van der Waals surface area (Å²) in [7, 11) is 4.76. The van der Waals surface area contributed by atoms with Crippen LogP contribution in [-0.4, -0.2) is 26.4 Å². The number of ether oxygens (including phenoxy) is 3. The largest absolute Gasteiger partial charge is 0.497 e. The monoisotopic (exact) mass is 288 g/mol. The van der Waals surface area contributed by atoms with Crippen molar-refractivity contribution in [3.8, 4) is 17.2 Å². The van der Waals surface area contributed by atoms with Gasteiger partial charge in [-0.15, -0.1) is 0 Å². The van der Waals surface area contributed by atoms with E-state index in [1.807, 2.05) is 37.3 Å². The number of aliphatic hydroxyl groups excluding tert-OH is 1. The molecule has 0 aliphatic heterocycles. The van der Waals surface area contributed by atoms with E-state index in [-0.39, 0.29) is 0 Å². The minimum Gasteiger partial charge on any atom is -0.497 e. The molecule has 2 aromatic carbocycles. The van der Waals surface area contributed by atoms with Crippen LogP contribution in [0.2, 0.25) is 0 Å². The van der Waals surface area contributed by atoms with Crippen molar-refractivity contribution >= 4 is 0 Å². The van der Waals surface area contributed by atoms with E-state index in [1.165, 1.54) is 0 Å². The summed E-state index contributed by atoms with van der Waals surface area (Å²) in [5.74, 6) is 1.91. The minimum absolute atomic E-state index is 0.544. The Morgan fingerprint density at radius 3 is 2.24 bits per heavy atom. The molecule has 0 saturated carbocycles. The fraction of sp³-hybridized carbons (Fsp3) is 0.294. The van der Waals surface area contributed by atoms with Crippen LogP contribution in [0.25, 0.3) is 0 Å². The summed E-state index contributed by atoms with van der Waals surface area (Å²) in [6.07, 6.45) is -0.791. The Bertz CT molecular complexity index is 622. The van der Waals surface area contributed by atoms with E-state index in [0.717, 1.165) is 16.9 Å². The number of rotatable bonds is 5. The molecule has 0 saturated heterocycles. The minimum atomic E-state index is -0.791. The Kier molecular flexibility index (Phi) is 4.70. The molecular weight excluding hydrogens is 268 g/mol. The molecule has 0 aliphatic rings. The average Bonchev–Trinajstić information content (AvgIpc) is 2.53. The van der Waals surface area contributed by atoms with E-state index in [2.05, 4.69) is 0 Å². The van der Waals surface area contributed by atoms with Crippen LogP contribution in [0.15, 0.2) is 36.4 Å². The standard InChI is InChI=1S/C17H20O4/c1-11-10-12(19-2)8-9-13(11)16(18)14-6-5-7-15(20-3)17(14)21-4/h5-10,16,18H,1-4H3. The molecule has 0 aromatic heterocycles. The first-order valence-corrected chi connectivity index (χ1v) is 6.65. The lowest BCUT2D eigenvalue weighted by molar-refractivity contribution is 0.212. The highest BCUT2D eigenvalue weighted by molar-refractivity contribution is 5.51. The van der Waals surface area contributed by atoms with Crippen LogP contribution in [0.1, 0.15) is 22.8 Å². The fourth-order valence-corrected chi connectivity index (χ4v) is 2.38. The number of hydrogen-bond donors (Lipinski definition) is 1. The molecule has 0 bridgehead atoms. The van der Waals surface area contributed by atoms with Gasteiger partial charge in [-0.1, -0.05) is 18.2 Å². The van der Waals surface area contributed by atoms with E-state index < -0.39 is 6.10 Å². The summed E-state index contributed by atoms with van der Waals surface area (Å²) < 4.78 is 15.8. The Balaban J connectivity index is 2.47. The smallest absolute Gasteiger partial charge is 0.166 e. The van der Waals surface area contributed by atoms with Crippen molar-refractivity contribution in [2.75, 3.05) is 21.3 Å². The molecular formula is C17H20O4. The molecule has 0 radical (unpaired) electrons. The maximum Gasteiger partial charge on any atom is 0.166 e. The molecule has 0 amide bonds. The second kappa shape index (κ2) is 6.50.